The Bertz CT molecular complexity index is 601. The Morgan fingerprint density at radius 1 is 1.14 bits per heavy atom. The molecule has 0 fully saturated rings. The van der Waals surface area contributed by atoms with Gasteiger partial charge in [-0.25, -0.2) is 0 Å². The van der Waals surface area contributed by atoms with E-state index in [2.05, 4.69) is 67.5 Å². The van der Waals surface area contributed by atoms with Crippen molar-refractivity contribution < 1.29 is 9.28 Å². The zero-order chi connectivity index (χ0) is 21.0. The third-order valence-electron chi connectivity index (χ3n) is 4.86. The number of quaternary nitrogens is 1. The summed E-state index contributed by atoms with van der Waals surface area (Å²) in [5, 5.41) is 6.43. The van der Waals surface area contributed by atoms with Crippen LogP contribution in [0.5, 0.6) is 0 Å². The molecule has 1 amide bonds. The van der Waals surface area contributed by atoms with Gasteiger partial charge in [0.05, 0.1) is 27.2 Å². The number of nitrogens with one attached hydrogen (secondary N) is 2. The van der Waals surface area contributed by atoms with E-state index < -0.39 is 0 Å². The molecule has 0 heterocycles. The topological polar surface area (TPSA) is 44.4 Å². The number of carbonyl (C=O) groups excluding carboxylic acids is 1. The third kappa shape index (κ3) is 10.1. The lowest BCUT2D eigenvalue weighted by molar-refractivity contribution is -0.890. The molecule has 0 saturated heterocycles. The van der Waals surface area contributed by atoms with Crippen molar-refractivity contribution in [2.24, 2.45) is 0 Å². The van der Waals surface area contributed by atoms with Gasteiger partial charge in [0.15, 0.2) is 0 Å². The molecule has 1 rings (SSSR count). The second-order valence-electron chi connectivity index (χ2n) is 8.08. The molecule has 1 aromatic rings. The van der Waals surface area contributed by atoms with Gasteiger partial charge < -0.3 is 20.0 Å². The summed E-state index contributed by atoms with van der Waals surface area (Å²) in [5.74, 6) is 0.589. The summed E-state index contributed by atoms with van der Waals surface area (Å²) in [6.45, 7) is 11.0. The number of benzene rings is 1. The first-order chi connectivity index (χ1) is 13.2. The van der Waals surface area contributed by atoms with Gasteiger partial charge in [0, 0.05) is 63.2 Å². The molecule has 0 unspecified atom stereocenters. The molecule has 0 radical (unpaired) electrons. The lowest BCUT2D eigenvalue weighted by Gasteiger charge is -2.30. The van der Waals surface area contributed by atoms with Crippen molar-refractivity contribution >= 4 is 23.2 Å². The SMILES string of the molecule is C=C(C)C(=O)NCCC[N+](C)(C)CCCNCc1ccc(N(C)CCCl)cc1. The van der Waals surface area contributed by atoms with E-state index in [1.807, 2.05) is 0 Å². The van der Waals surface area contributed by atoms with Crippen LogP contribution in [0.3, 0.4) is 0 Å². The molecule has 0 bridgehead atoms. The van der Waals surface area contributed by atoms with Gasteiger partial charge in [-0.05, 0) is 24.6 Å². The number of amides is 1. The summed E-state index contributed by atoms with van der Waals surface area (Å²) in [6.07, 6.45) is 2.10. The molecule has 0 aliphatic carbocycles. The van der Waals surface area contributed by atoms with Gasteiger partial charge >= 0.3 is 0 Å². The normalized spacial score (nSPS) is 11.3. The Balaban J connectivity index is 2.18. The standard InChI is InChI=1S/C22H37ClN4O/c1-19(2)22(28)25-14-7-17-27(4,5)16-6-13-24-18-20-8-10-21(11-9-20)26(3)15-12-23/h8-11,24H,1,6-7,12-18H2,2-5H3/p+1. The van der Waals surface area contributed by atoms with Crippen LogP contribution in [0, 0.1) is 0 Å². The van der Waals surface area contributed by atoms with E-state index in [1.54, 1.807) is 6.92 Å². The highest BCUT2D eigenvalue weighted by molar-refractivity contribution is 6.18. The fraction of sp³-hybridized carbons (Fsp3) is 0.591. The molecule has 0 aliphatic rings. The van der Waals surface area contributed by atoms with Crippen molar-refractivity contribution in [2.45, 2.75) is 26.3 Å². The van der Waals surface area contributed by atoms with Crippen molar-refractivity contribution in [2.75, 3.05) is 64.6 Å². The zero-order valence-electron chi connectivity index (χ0n) is 18.1. The van der Waals surface area contributed by atoms with Gasteiger partial charge in [-0.3, -0.25) is 4.79 Å². The predicted molar refractivity (Wildman–Crippen MR) is 121 cm³/mol. The average molecular weight is 410 g/mol. The Morgan fingerprint density at radius 3 is 2.32 bits per heavy atom. The molecule has 28 heavy (non-hydrogen) atoms. The lowest BCUT2D eigenvalue weighted by atomic mass is 10.2. The minimum atomic E-state index is -0.0479. The number of rotatable bonds is 14. The predicted octanol–water partition coefficient (Wildman–Crippen LogP) is 3.00. The highest BCUT2D eigenvalue weighted by Crippen LogP contribution is 2.13. The van der Waals surface area contributed by atoms with E-state index in [1.165, 1.54) is 11.3 Å². The number of carbonyl (C=O) groups is 1. The van der Waals surface area contributed by atoms with Crippen molar-refractivity contribution in [3.63, 3.8) is 0 Å². The van der Waals surface area contributed by atoms with Crippen molar-refractivity contribution in [1.29, 1.82) is 0 Å². The molecular weight excluding hydrogens is 372 g/mol. The summed E-state index contributed by atoms with van der Waals surface area (Å²) in [7, 11) is 6.55. The van der Waals surface area contributed by atoms with Gasteiger partial charge in [-0.2, -0.15) is 0 Å². The molecule has 2 N–H and O–H groups in total. The van der Waals surface area contributed by atoms with E-state index in [0.29, 0.717) is 18.0 Å². The van der Waals surface area contributed by atoms with E-state index in [4.69, 9.17) is 11.6 Å². The molecule has 0 atom stereocenters. The lowest BCUT2D eigenvalue weighted by Crippen LogP contribution is -2.43. The summed E-state index contributed by atoms with van der Waals surface area (Å²) in [4.78, 5) is 13.6. The van der Waals surface area contributed by atoms with Gasteiger partial charge in [-0.1, -0.05) is 18.7 Å². The van der Waals surface area contributed by atoms with Crippen LogP contribution in [0.1, 0.15) is 25.3 Å². The average Bonchev–Trinajstić information content (AvgIpc) is 2.65. The number of anilines is 1. The maximum Gasteiger partial charge on any atom is 0.246 e. The Labute approximate surface area is 176 Å². The second kappa shape index (κ2) is 12.8. The maximum atomic E-state index is 11.5. The summed E-state index contributed by atoms with van der Waals surface area (Å²) in [5.41, 5.74) is 3.06. The van der Waals surface area contributed by atoms with Gasteiger partial charge in [0.25, 0.3) is 0 Å². The minimum Gasteiger partial charge on any atom is -0.373 e. The summed E-state index contributed by atoms with van der Waals surface area (Å²) in [6, 6.07) is 8.64. The molecule has 158 valence electrons. The van der Waals surface area contributed by atoms with Crippen molar-refractivity contribution in [3.05, 3.63) is 42.0 Å². The minimum absolute atomic E-state index is 0.0479. The van der Waals surface area contributed by atoms with Crippen LogP contribution in [0.4, 0.5) is 5.69 Å². The summed E-state index contributed by atoms with van der Waals surface area (Å²) >= 11 is 5.79. The molecule has 0 aromatic heterocycles. The molecule has 0 spiro atoms. The number of hydrogen-bond donors (Lipinski definition) is 2. The highest BCUT2D eigenvalue weighted by atomic mass is 35.5. The number of nitrogens with zero attached hydrogens (tertiary/aromatic N) is 2. The van der Waals surface area contributed by atoms with Crippen LogP contribution in [-0.2, 0) is 11.3 Å². The molecule has 0 aliphatic heterocycles. The first kappa shape index (κ1) is 24.5. The fourth-order valence-corrected chi connectivity index (χ4v) is 3.21. The second-order valence-corrected chi connectivity index (χ2v) is 8.46. The molecular formula is C22H38ClN4O+. The summed E-state index contributed by atoms with van der Waals surface area (Å²) < 4.78 is 0.965. The van der Waals surface area contributed by atoms with Crippen molar-refractivity contribution in [1.82, 2.24) is 10.6 Å². The van der Waals surface area contributed by atoms with E-state index in [-0.39, 0.29) is 5.91 Å². The Kier molecular flexibility index (Phi) is 11.2. The fourth-order valence-electron chi connectivity index (χ4n) is 2.96. The number of alkyl halides is 1. The molecule has 5 nitrogen and oxygen atoms in total. The van der Waals surface area contributed by atoms with Crippen LogP contribution < -0.4 is 15.5 Å². The van der Waals surface area contributed by atoms with Gasteiger partial charge in [-0.15, -0.1) is 11.6 Å². The molecule has 6 heteroatoms. The smallest absolute Gasteiger partial charge is 0.246 e. The Morgan fingerprint density at radius 2 is 1.75 bits per heavy atom. The Hall–Kier alpha value is -1.56. The van der Waals surface area contributed by atoms with Crippen LogP contribution >= 0.6 is 11.6 Å². The van der Waals surface area contributed by atoms with E-state index in [9.17, 15) is 4.79 Å². The van der Waals surface area contributed by atoms with Crippen LogP contribution in [-0.4, -0.2) is 70.1 Å². The molecule has 1 aromatic carbocycles. The van der Waals surface area contributed by atoms with E-state index >= 15 is 0 Å². The van der Waals surface area contributed by atoms with Gasteiger partial charge in [0.2, 0.25) is 5.91 Å². The van der Waals surface area contributed by atoms with E-state index in [0.717, 1.165) is 50.0 Å². The zero-order valence-corrected chi connectivity index (χ0v) is 18.8. The monoisotopic (exact) mass is 409 g/mol. The van der Waals surface area contributed by atoms with Crippen LogP contribution in [0.25, 0.3) is 0 Å². The largest absolute Gasteiger partial charge is 0.373 e. The number of hydrogen-bond acceptors (Lipinski definition) is 3. The number of halogens is 1. The first-order valence-electron chi connectivity index (χ1n) is 10.1. The third-order valence-corrected chi connectivity index (χ3v) is 5.03. The van der Waals surface area contributed by atoms with Gasteiger partial charge in [0.1, 0.15) is 0 Å². The highest BCUT2D eigenvalue weighted by Gasteiger charge is 2.14. The van der Waals surface area contributed by atoms with Crippen LogP contribution in [0.2, 0.25) is 0 Å². The quantitative estimate of drug-likeness (QED) is 0.215. The molecule has 0 saturated carbocycles. The van der Waals surface area contributed by atoms with Crippen LogP contribution in [0.15, 0.2) is 36.4 Å². The maximum absolute atomic E-state index is 11.5. The first-order valence-corrected chi connectivity index (χ1v) is 10.6. The van der Waals surface area contributed by atoms with Crippen molar-refractivity contribution in [3.8, 4) is 0 Å².